The van der Waals surface area contributed by atoms with Gasteiger partial charge in [0.25, 0.3) is 5.91 Å². The third kappa shape index (κ3) is 6.25. The van der Waals surface area contributed by atoms with Crippen LogP contribution in [0.5, 0.6) is 5.75 Å². The van der Waals surface area contributed by atoms with Crippen LogP contribution in [0.1, 0.15) is 24.2 Å². The summed E-state index contributed by atoms with van der Waals surface area (Å²) in [6, 6.07) is 5.59. The largest absolute Gasteiger partial charge is 0.480 e. The fourth-order valence-corrected chi connectivity index (χ4v) is 1.89. The fraction of sp³-hybridized carbons (Fsp3) is 0.500. The number of hydrogen-bond acceptors (Lipinski definition) is 5. The number of carbonyl (C=O) groups excluding carboxylic acids is 1. The van der Waals surface area contributed by atoms with E-state index in [9.17, 15) is 9.59 Å². The molecule has 0 aliphatic carbocycles. The van der Waals surface area contributed by atoms with Crippen molar-refractivity contribution in [1.82, 2.24) is 10.2 Å². The predicted molar refractivity (Wildman–Crippen MR) is 85.4 cm³/mol. The first kappa shape index (κ1) is 18.9. The Morgan fingerprint density at radius 2 is 2.04 bits per heavy atom. The summed E-state index contributed by atoms with van der Waals surface area (Å²) in [5.41, 5.74) is 0.333. The quantitative estimate of drug-likeness (QED) is 0.581. The summed E-state index contributed by atoms with van der Waals surface area (Å²) in [4.78, 5) is 25.1. The number of nitrogens with zero attached hydrogens (tertiary/aromatic N) is 1. The third-order valence-electron chi connectivity index (χ3n) is 3.25. The topological polar surface area (TPSA) is 99.1 Å². The summed E-state index contributed by atoms with van der Waals surface area (Å²) in [7, 11) is 1.80. The second-order valence-corrected chi connectivity index (χ2v) is 5.64. The first-order valence-electron chi connectivity index (χ1n) is 7.41. The number of ether oxygens (including phenoxy) is 1. The number of nitrogens with one attached hydrogen (secondary N) is 1. The molecule has 0 aromatic heterocycles. The highest BCUT2D eigenvalue weighted by atomic mass is 16.5. The van der Waals surface area contributed by atoms with E-state index in [2.05, 4.69) is 5.32 Å². The Morgan fingerprint density at radius 1 is 1.35 bits per heavy atom. The monoisotopic (exact) mass is 324 g/mol. The lowest BCUT2D eigenvalue weighted by Gasteiger charge is -2.18. The van der Waals surface area contributed by atoms with Crippen molar-refractivity contribution < 1.29 is 24.5 Å². The molecule has 1 aromatic rings. The number of aliphatic carboxylic acids is 1. The number of carboxylic acid groups (broad SMARTS) is 1. The number of carbonyl (C=O) groups is 2. The Labute approximate surface area is 135 Å². The number of likely N-dealkylation sites (N-methyl/N-ethyl adjacent to an activating group) is 1. The normalized spacial score (nSPS) is 12.3. The molecule has 1 aromatic carbocycles. The van der Waals surface area contributed by atoms with Gasteiger partial charge in [-0.2, -0.15) is 0 Å². The zero-order chi connectivity index (χ0) is 17.4. The minimum absolute atomic E-state index is 0.0358. The van der Waals surface area contributed by atoms with Gasteiger partial charge in [-0.1, -0.05) is 19.9 Å². The van der Waals surface area contributed by atoms with Gasteiger partial charge in [-0.15, -0.1) is 0 Å². The highest BCUT2D eigenvalue weighted by Gasteiger charge is 2.24. The molecule has 0 saturated carbocycles. The molecular formula is C16H24N2O5. The van der Waals surface area contributed by atoms with Gasteiger partial charge in [0.05, 0.1) is 6.61 Å². The zero-order valence-electron chi connectivity index (χ0n) is 13.7. The molecule has 128 valence electrons. The Hall–Kier alpha value is -2.12. The highest BCUT2D eigenvalue weighted by molar-refractivity contribution is 5.96. The van der Waals surface area contributed by atoms with E-state index in [-0.39, 0.29) is 19.3 Å². The van der Waals surface area contributed by atoms with Crippen LogP contribution in [0.15, 0.2) is 24.3 Å². The van der Waals surface area contributed by atoms with Gasteiger partial charge in [0.1, 0.15) is 18.5 Å². The average Bonchev–Trinajstić information content (AvgIpc) is 2.50. The first-order valence-corrected chi connectivity index (χ1v) is 7.41. The van der Waals surface area contributed by atoms with Gasteiger partial charge in [-0.25, -0.2) is 4.79 Å². The predicted octanol–water partition coefficient (Wildman–Crippen LogP) is 0.786. The smallest absolute Gasteiger partial charge is 0.326 e. The molecule has 0 aliphatic rings. The molecule has 0 saturated heterocycles. The van der Waals surface area contributed by atoms with E-state index in [4.69, 9.17) is 14.9 Å². The van der Waals surface area contributed by atoms with Crippen molar-refractivity contribution in [3.8, 4) is 5.75 Å². The molecule has 0 spiro atoms. The van der Waals surface area contributed by atoms with Gasteiger partial charge in [0.2, 0.25) is 0 Å². The number of aliphatic hydroxyl groups is 1. The zero-order valence-corrected chi connectivity index (χ0v) is 13.7. The van der Waals surface area contributed by atoms with Gasteiger partial charge in [-0.3, -0.25) is 9.69 Å². The number of aliphatic hydroxyl groups excluding tert-OH is 1. The van der Waals surface area contributed by atoms with Crippen LogP contribution in [0.4, 0.5) is 0 Å². The van der Waals surface area contributed by atoms with Crippen LogP contribution in [0.3, 0.4) is 0 Å². The van der Waals surface area contributed by atoms with Gasteiger partial charge in [0, 0.05) is 12.1 Å². The number of hydrogen-bond donors (Lipinski definition) is 3. The molecule has 0 fully saturated rings. The van der Waals surface area contributed by atoms with Crippen LogP contribution < -0.4 is 10.1 Å². The van der Waals surface area contributed by atoms with E-state index < -0.39 is 17.9 Å². The maximum atomic E-state index is 12.2. The Morgan fingerprint density at radius 3 is 2.61 bits per heavy atom. The summed E-state index contributed by atoms with van der Waals surface area (Å²) in [6.45, 7) is 4.25. The van der Waals surface area contributed by atoms with Crippen molar-refractivity contribution in [2.45, 2.75) is 19.9 Å². The SMILES string of the molecule is CC(C)C(NC(=O)c1cccc(OCN(C)CCO)c1)C(=O)O. The van der Waals surface area contributed by atoms with E-state index in [1.165, 1.54) is 0 Å². The molecule has 0 aliphatic heterocycles. The Balaban J connectivity index is 2.71. The summed E-state index contributed by atoms with van der Waals surface area (Å²) >= 11 is 0. The van der Waals surface area contributed by atoms with Gasteiger partial charge < -0.3 is 20.3 Å². The molecule has 1 unspecified atom stereocenters. The van der Waals surface area contributed by atoms with Gasteiger partial charge >= 0.3 is 5.97 Å². The second kappa shape index (κ2) is 9.12. The highest BCUT2D eigenvalue weighted by Crippen LogP contribution is 2.14. The van der Waals surface area contributed by atoms with Crippen molar-refractivity contribution in [3.63, 3.8) is 0 Å². The summed E-state index contributed by atoms with van der Waals surface area (Å²) in [5.74, 6) is -1.24. The van der Waals surface area contributed by atoms with Crippen molar-refractivity contribution in [3.05, 3.63) is 29.8 Å². The maximum Gasteiger partial charge on any atom is 0.326 e. The fourth-order valence-electron chi connectivity index (χ4n) is 1.89. The molecule has 0 radical (unpaired) electrons. The van der Waals surface area contributed by atoms with Crippen LogP contribution in [0.2, 0.25) is 0 Å². The number of rotatable bonds is 9. The van der Waals surface area contributed by atoms with Gasteiger partial charge in [-0.05, 0) is 31.2 Å². The summed E-state index contributed by atoms with van der Waals surface area (Å²) < 4.78 is 5.53. The van der Waals surface area contributed by atoms with Crippen molar-refractivity contribution >= 4 is 11.9 Å². The third-order valence-corrected chi connectivity index (χ3v) is 3.25. The van der Waals surface area contributed by atoms with E-state index >= 15 is 0 Å². The first-order chi connectivity index (χ1) is 10.8. The second-order valence-electron chi connectivity index (χ2n) is 5.64. The summed E-state index contributed by atoms with van der Waals surface area (Å²) in [5, 5.41) is 20.5. The van der Waals surface area contributed by atoms with Crippen molar-refractivity contribution in [1.29, 1.82) is 0 Å². The average molecular weight is 324 g/mol. The molecule has 0 bridgehead atoms. The lowest BCUT2D eigenvalue weighted by molar-refractivity contribution is -0.140. The van der Waals surface area contributed by atoms with E-state index in [0.29, 0.717) is 17.9 Å². The van der Waals surface area contributed by atoms with E-state index in [1.807, 2.05) is 0 Å². The molecule has 1 rings (SSSR count). The van der Waals surface area contributed by atoms with Gasteiger partial charge in [0.15, 0.2) is 0 Å². The van der Waals surface area contributed by atoms with Crippen LogP contribution in [0.25, 0.3) is 0 Å². The van der Waals surface area contributed by atoms with Crippen LogP contribution >= 0.6 is 0 Å². The van der Waals surface area contributed by atoms with Crippen LogP contribution in [-0.4, -0.2) is 60.0 Å². The van der Waals surface area contributed by atoms with E-state index in [0.717, 1.165) is 0 Å². The number of benzene rings is 1. The number of carboxylic acids is 1. The summed E-state index contributed by atoms with van der Waals surface area (Å²) in [6.07, 6.45) is 0. The molecule has 23 heavy (non-hydrogen) atoms. The lowest BCUT2D eigenvalue weighted by atomic mass is 10.0. The molecule has 7 heteroatoms. The minimum Gasteiger partial charge on any atom is -0.480 e. The molecule has 0 heterocycles. The molecule has 1 atom stereocenters. The molecule has 3 N–H and O–H groups in total. The van der Waals surface area contributed by atoms with Crippen molar-refractivity contribution in [2.75, 3.05) is 26.9 Å². The molecule has 7 nitrogen and oxygen atoms in total. The van der Waals surface area contributed by atoms with Crippen LogP contribution in [-0.2, 0) is 4.79 Å². The van der Waals surface area contributed by atoms with Crippen LogP contribution in [0, 0.1) is 5.92 Å². The Kier molecular flexibility index (Phi) is 7.50. The lowest BCUT2D eigenvalue weighted by Crippen LogP contribution is -2.44. The Bertz CT molecular complexity index is 533. The minimum atomic E-state index is -1.06. The van der Waals surface area contributed by atoms with E-state index in [1.54, 1.807) is 50.1 Å². The maximum absolute atomic E-state index is 12.2. The molecule has 1 amide bonds. The van der Waals surface area contributed by atoms with Crippen molar-refractivity contribution in [2.24, 2.45) is 5.92 Å². The number of amides is 1. The molecular weight excluding hydrogens is 300 g/mol. The standard InChI is InChI=1S/C16H24N2O5/c1-11(2)14(16(21)22)17-15(20)12-5-4-6-13(9-12)23-10-18(3)7-8-19/h4-6,9,11,14,19H,7-8,10H2,1-3H3,(H,17,20)(H,21,22).